The molecule has 0 unspecified atom stereocenters. The Labute approximate surface area is 211 Å². The van der Waals surface area contributed by atoms with E-state index in [4.69, 9.17) is 14.6 Å². The quantitative estimate of drug-likeness (QED) is 0.402. The normalized spacial score (nSPS) is 12.8. The van der Waals surface area contributed by atoms with Gasteiger partial charge < -0.3 is 19.3 Å². The van der Waals surface area contributed by atoms with Crippen molar-refractivity contribution in [1.82, 2.24) is 9.78 Å². The number of carbonyl (C=O) groups is 2. The Morgan fingerprint density at radius 2 is 1.75 bits per heavy atom. The third-order valence-electron chi connectivity index (χ3n) is 6.22. The molecule has 0 aliphatic carbocycles. The van der Waals surface area contributed by atoms with E-state index in [1.54, 1.807) is 28.5 Å². The van der Waals surface area contributed by atoms with Gasteiger partial charge in [-0.2, -0.15) is 5.10 Å². The maximum absolute atomic E-state index is 13.9. The minimum absolute atomic E-state index is 0.00580. The summed E-state index contributed by atoms with van der Waals surface area (Å²) < 4.78 is 12.6. The van der Waals surface area contributed by atoms with Gasteiger partial charge in [0.2, 0.25) is 5.91 Å². The van der Waals surface area contributed by atoms with Crippen molar-refractivity contribution in [3.05, 3.63) is 72.1 Å². The van der Waals surface area contributed by atoms with Crippen LogP contribution >= 0.6 is 0 Å². The lowest BCUT2D eigenvalue weighted by Crippen LogP contribution is -2.39. The van der Waals surface area contributed by atoms with Crippen molar-refractivity contribution in [2.24, 2.45) is 0 Å². The van der Waals surface area contributed by atoms with Gasteiger partial charge in [0.05, 0.1) is 19.4 Å². The van der Waals surface area contributed by atoms with Gasteiger partial charge in [-0.15, -0.1) is 0 Å². The van der Waals surface area contributed by atoms with Crippen LogP contribution < -0.4 is 14.5 Å². The minimum Gasteiger partial charge on any atom is -0.497 e. The van der Waals surface area contributed by atoms with E-state index in [1.165, 1.54) is 0 Å². The summed E-state index contributed by atoms with van der Waals surface area (Å²) in [5, 5.41) is 4.75. The molecule has 1 aliphatic heterocycles. The van der Waals surface area contributed by atoms with Gasteiger partial charge in [0.15, 0.2) is 0 Å². The molecule has 1 aromatic heterocycles. The molecule has 2 aromatic carbocycles. The van der Waals surface area contributed by atoms with Crippen LogP contribution in [-0.2, 0) is 16.0 Å². The Bertz CT molecular complexity index is 1260. The van der Waals surface area contributed by atoms with Gasteiger partial charge in [-0.05, 0) is 68.3 Å². The Hall–Kier alpha value is -4.07. The summed E-state index contributed by atoms with van der Waals surface area (Å²) in [7, 11) is 1.61. The maximum Gasteiger partial charge on any atom is 0.277 e. The van der Waals surface area contributed by atoms with Crippen LogP contribution in [0.1, 0.15) is 48.9 Å². The molecule has 4 rings (SSSR count). The average Bonchev–Trinajstić information content (AvgIpc) is 3.28. The van der Waals surface area contributed by atoms with Gasteiger partial charge in [0, 0.05) is 37.0 Å². The average molecular weight is 489 g/mol. The molecule has 3 aromatic rings. The van der Waals surface area contributed by atoms with Crippen LogP contribution in [0.2, 0.25) is 0 Å². The summed E-state index contributed by atoms with van der Waals surface area (Å²) in [5.41, 5.74) is 4.24. The number of hydrogen-bond acceptors (Lipinski definition) is 5. The number of nitrogens with zero attached hydrogens (tertiary/aromatic N) is 4. The second-order valence-electron chi connectivity index (χ2n) is 8.54. The van der Waals surface area contributed by atoms with Crippen molar-refractivity contribution < 1.29 is 19.1 Å². The molecule has 0 fully saturated rings. The zero-order chi connectivity index (χ0) is 25.8. The largest absolute Gasteiger partial charge is 0.497 e. The summed E-state index contributed by atoms with van der Waals surface area (Å²) >= 11 is 0. The van der Waals surface area contributed by atoms with Gasteiger partial charge in [0.25, 0.3) is 5.91 Å². The number of amides is 2. The van der Waals surface area contributed by atoms with Crippen LogP contribution in [0.4, 0.5) is 11.4 Å². The number of fused-ring (bicyclic) bond motifs is 1. The van der Waals surface area contributed by atoms with E-state index in [2.05, 4.69) is 6.58 Å². The predicted molar refractivity (Wildman–Crippen MR) is 141 cm³/mol. The highest BCUT2D eigenvalue weighted by molar-refractivity contribution is 6.08. The standard InChI is InChI=1S/C28H32N4O4/c1-6-17-30(20(4)33)21-8-10-22(11-9-21)31-18-16-25-26(19(3)36-7-2)29-32(27(25)28(31)34)23-12-14-24(35-5)15-13-23/h8-15H,3,6-7,16-18H2,1-2,4-5H3. The molecule has 0 atom stereocenters. The first kappa shape index (κ1) is 25.0. The first-order valence-electron chi connectivity index (χ1n) is 12.2. The lowest BCUT2D eigenvalue weighted by atomic mass is 10.0. The van der Waals surface area contributed by atoms with Crippen molar-refractivity contribution >= 4 is 28.9 Å². The molecule has 0 radical (unpaired) electrons. The monoisotopic (exact) mass is 488 g/mol. The van der Waals surface area contributed by atoms with Crippen molar-refractivity contribution in [1.29, 1.82) is 0 Å². The summed E-state index contributed by atoms with van der Waals surface area (Å²) in [6, 6.07) is 14.9. The van der Waals surface area contributed by atoms with E-state index in [-0.39, 0.29) is 11.8 Å². The van der Waals surface area contributed by atoms with Gasteiger partial charge in [-0.3, -0.25) is 9.59 Å². The van der Waals surface area contributed by atoms with Crippen LogP contribution in [0.25, 0.3) is 11.4 Å². The number of anilines is 2. The van der Waals surface area contributed by atoms with Crippen molar-refractivity contribution in [2.75, 3.05) is 36.6 Å². The fraction of sp³-hybridized carbons (Fsp3) is 0.321. The molecule has 2 amide bonds. The zero-order valence-corrected chi connectivity index (χ0v) is 21.3. The molecular formula is C28H32N4O4. The highest BCUT2D eigenvalue weighted by atomic mass is 16.5. The fourth-order valence-electron chi connectivity index (χ4n) is 4.49. The molecule has 0 spiro atoms. The molecule has 2 heterocycles. The van der Waals surface area contributed by atoms with Gasteiger partial charge in [-0.25, -0.2) is 4.68 Å². The molecule has 0 N–H and O–H groups in total. The molecule has 0 saturated heterocycles. The van der Waals surface area contributed by atoms with E-state index < -0.39 is 0 Å². The molecule has 0 bridgehead atoms. The maximum atomic E-state index is 13.9. The van der Waals surface area contributed by atoms with Crippen molar-refractivity contribution in [3.8, 4) is 11.4 Å². The molecule has 8 heteroatoms. The third kappa shape index (κ3) is 4.71. The van der Waals surface area contributed by atoms with Crippen molar-refractivity contribution in [3.63, 3.8) is 0 Å². The van der Waals surface area contributed by atoms with E-state index in [9.17, 15) is 9.59 Å². The number of benzene rings is 2. The zero-order valence-electron chi connectivity index (χ0n) is 21.3. The Morgan fingerprint density at radius 3 is 2.33 bits per heavy atom. The van der Waals surface area contributed by atoms with Gasteiger partial charge in [-0.1, -0.05) is 13.5 Å². The van der Waals surface area contributed by atoms with Gasteiger partial charge >= 0.3 is 0 Å². The topological polar surface area (TPSA) is 76.9 Å². The second kappa shape index (κ2) is 10.7. The van der Waals surface area contributed by atoms with Crippen LogP contribution in [0.15, 0.2) is 55.1 Å². The predicted octanol–water partition coefficient (Wildman–Crippen LogP) is 4.85. The number of carbonyl (C=O) groups excluding carboxylic acids is 2. The first-order valence-corrected chi connectivity index (χ1v) is 12.2. The first-order chi connectivity index (χ1) is 17.4. The fourth-order valence-corrected chi connectivity index (χ4v) is 4.49. The smallest absolute Gasteiger partial charge is 0.277 e. The van der Waals surface area contributed by atoms with Crippen LogP contribution in [-0.4, -0.2) is 48.4 Å². The molecule has 1 aliphatic rings. The molecular weight excluding hydrogens is 456 g/mol. The summed E-state index contributed by atoms with van der Waals surface area (Å²) in [4.78, 5) is 29.4. The Morgan fingerprint density at radius 1 is 1.08 bits per heavy atom. The summed E-state index contributed by atoms with van der Waals surface area (Å²) in [5.74, 6) is 1.01. The van der Waals surface area contributed by atoms with Crippen LogP contribution in [0, 0.1) is 0 Å². The second-order valence-corrected chi connectivity index (χ2v) is 8.54. The molecule has 8 nitrogen and oxygen atoms in total. The third-order valence-corrected chi connectivity index (χ3v) is 6.22. The number of aromatic nitrogens is 2. The van der Waals surface area contributed by atoms with Crippen molar-refractivity contribution in [2.45, 2.75) is 33.6 Å². The lowest BCUT2D eigenvalue weighted by Gasteiger charge is -2.28. The van der Waals surface area contributed by atoms with Crippen LogP contribution in [0.5, 0.6) is 5.75 Å². The summed E-state index contributed by atoms with van der Waals surface area (Å²) in [6.07, 6.45) is 1.47. The van der Waals surface area contributed by atoms with E-state index >= 15 is 0 Å². The molecule has 36 heavy (non-hydrogen) atoms. The molecule has 188 valence electrons. The number of rotatable bonds is 9. The van der Waals surface area contributed by atoms with Gasteiger partial charge in [0.1, 0.15) is 22.9 Å². The highest BCUT2D eigenvalue weighted by Gasteiger charge is 2.34. The number of hydrogen-bond donors (Lipinski definition) is 0. The molecule has 0 saturated carbocycles. The van der Waals surface area contributed by atoms with E-state index in [1.807, 2.05) is 62.4 Å². The van der Waals surface area contributed by atoms with E-state index in [0.717, 1.165) is 34.8 Å². The Balaban J connectivity index is 1.72. The van der Waals surface area contributed by atoms with Crippen LogP contribution in [0.3, 0.4) is 0 Å². The summed E-state index contributed by atoms with van der Waals surface area (Å²) in [6.45, 7) is 11.1. The SMILES string of the molecule is C=C(OCC)c1nn(-c2ccc(OC)cc2)c2c1CCN(c1ccc(N(CCC)C(C)=O)cc1)C2=O. The van der Waals surface area contributed by atoms with E-state index in [0.29, 0.717) is 43.3 Å². The number of methoxy groups -OCH3 is 1. The Kier molecular flexibility index (Phi) is 7.43. The highest BCUT2D eigenvalue weighted by Crippen LogP contribution is 2.32. The lowest BCUT2D eigenvalue weighted by molar-refractivity contribution is -0.116. The number of ether oxygens (including phenoxy) is 2. The minimum atomic E-state index is -0.153.